The van der Waals surface area contributed by atoms with E-state index in [9.17, 15) is 9.59 Å². The zero-order valence-corrected chi connectivity index (χ0v) is 15.3. The number of carbonyl (C=O) groups is 2. The molecule has 7 nitrogen and oxygen atoms in total. The van der Waals surface area contributed by atoms with Crippen LogP contribution < -0.4 is 15.0 Å². The van der Waals surface area contributed by atoms with E-state index in [0.717, 1.165) is 24.5 Å². The number of amides is 2. The molecule has 2 rings (SSSR count). The molecule has 1 fully saturated rings. The number of piperazine rings is 1. The quantitative estimate of drug-likeness (QED) is 0.876. The summed E-state index contributed by atoms with van der Waals surface area (Å²) in [4.78, 5) is 28.3. The van der Waals surface area contributed by atoms with Crippen LogP contribution in [0.3, 0.4) is 0 Å². The Balaban J connectivity index is 1.95. The highest BCUT2D eigenvalue weighted by atomic mass is 16.5. The van der Waals surface area contributed by atoms with Crippen LogP contribution in [0.4, 0.5) is 10.5 Å². The zero-order valence-electron chi connectivity index (χ0n) is 15.3. The Morgan fingerprint density at radius 3 is 2.12 bits per heavy atom. The van der Waals surface area contributed by atoms with E-state index in [-0.39, 0.29) is 11.8 Å². The van der Waals surface area contributed by atoms with E-state index in [2.05, 4.69) is 15.0 Å². The van der Waals surface area contributed by atoms with Crippen molar-refractivity contribution in [3.05, 3.63) is 24.3 Å². The van der Waals surface area contributed by atoms with Gasteiger partial charge in [-0.25, -0.2) is 4.79 Å². The first-order valence-corrected chi connectivity index (χ1v) is 8.48. The molecule has 138 valence electrons. The van der Waals surface area contributed by atoms with Crippen molar-refractivity contribution < 1.29 is 19.1 Å². The van der Waals surface area contributed by atoms with Crippen LogP contribution in [0.15, 0.2) is 24.3 Å². The lowest BCUT2D eigenvalue weighted by Gasteiger charge is -2.38. The molecule has 0 saturated carbocycles. The largest absolute Gasteiger partial charge is 0.497 e. The van der Waals surface area contributed by atoms with Crippen molar-refractivity contribution in [1.82, 2.24) is 10.2 Å². The Labute approximate surface area is 148 Å². The third-order valence-electron chi connectivity index (χ3n) is 4.42. The van der Waals surface area contributed by atoms with Crippen LogP contribution in [-0.4, -0.2) is 63.3 Å². The number of ether oxygens (including phenoxy) is 2. The summed E-state index contributed by atoms with van der Waals surface area (Å²) in [6.45, 7) is 6.56. The summed E-state index contributed by atoms with van der Waals surface area (Å²) in [5.41, 5.74) is 1.11. The van der Waals surface area contributed by atoms with Crippen molar-refractivity contribution in [2.24, 2.45) is 5.92 Å². The van der Waals surface area contributed by atoms with Gasteiger partial charge in [0.2, 0.25) is 5.91 Å². The Bertz CT molecular complexity index is 580. The number of anilines is 1. The minimum atomic E-state index is -0.580. The Morgan fingerprint density at radius 2 is 1.64 bits per heavy atom. The molecule has 0 bridgehead atoms. The van der Waals surface area contributed by atoms with Gasteiger partial charge < -0.3 is 24.6 Å². The van der Waals surface area contributed by atoms with Gasteiger partial charge in [-0.2, -0.15) is 0 Å². The number of hydrogen-bond acceptors (Lipinski definition) is 5. The lowest BCUT2D eigenvalue weighted by atomic mass is 10.0. The summed E-state index contributed by atoms with van der Waals surface area (Å²) >= 11 is 0. The molecule has 1 atom stereocenters. The number of methoxy groups -OCH3 is 2. The number of benzene rings is 1. The first-order valence-electron chi connectivity index (χ1n) is 8.48. The molecule has 0 unspecified atom stereocenters. The maximum absolute atomic E-state index is 12.7. The third kappa shape index (κ3) is 4.78. The molecule has 7 heteroatoms. The first-order chi connectivity index (χ1) is 12.0. The van der Waals surface area contributed by atoms with Crippen LogP contribution in [0.25, 0.3) is 0 Å². The molecule has 1 aromatic rings. The van der Waals surface area contributed by atoms with Crippen LogP contribution in [0.1, 0.15) is 13.8 Å². The van der Waals surface area contributed by atoms with Gasteiger partial charge >= 0.3 is 6.09 Å². The van der Waals surface area contributed by atoms with Gasteiger partial charge in [0.1, 0.15) is 11.8 Å². The van der Waals surface area contributed by atoms with Crippen molar-refractivity contribution in [3.63, 3.8) is 0 Å². The average Bonchev–Trinajstić information content (AvgIpc) is 2.65. The van der Waals surface area contributed by atoms with Gasteiger partial charge in [0.05, 0.1) is 14.2 Å². The first kappa shape index (κ1) is 18.9. The zero-order chi connectivity index (χ0) is 18.4. The summed E-state index contributed by atoms with van der Waals surface area (Å²) in [6, 6.07) is 7.34. The Hall–Kier alpha value is -2.44. The number of rotatable bonds is 5. The molecule has 0 radical (unpaired) electrons. The van der Waals surface area contributed by atoms with Gasteiger partial charge in [0.25, 0.3) is 0 Å². The van der Waals surface area contributed by atoms with Crippen LogP contribution in [0.5, 0.6) is 5.75 Å². The topological polar surface area (TPSA) is 71.1 Å². The normalized spacial score (nSPS) is 15.7. The lowest BCUT2D eigenvalue weighted by Crippen LogP contribution is -2.56. The van der Waals surface area contributed by atoms with E-state index < -0.39 is 12.1 Å². The van der Waals surface area contributed by atoms with E-state index in [4.69, 9.17) is 4.74 Å². The minimum Gasteiger partial charge on any atom is -0.497 e. The number of alkyl carbamates (subject to hydrolysis) is 1. The Morgan fingerprint density at radius 1 is 1.04 bits per heavy atom. The molecule has 25 heavy (non-hydrogen) atoms. The number of hydrogen-bond donors (Lipinski definition) is 1. The highest BCUT2D eigenvalue weighted by Crippen LogP contribution is 2.21. The fourth-order valence-corrected chi connectivity index (χ4v) is 2.87. The van der Waals surface area contributed by atoms with E-state index in [1.165, 1.54) is 7.11 Å². The van der Waals surface area contributed by atoms with Crippen LogP contribution in [0, 0.1) is 5.92 Å². The average molecular weight is 349 g/mol. The molecular weight excluding hydrogens is 322 g/mol. The molecule has 0 aromatic heterocycles. The van der Waals surface area contributed by atoms with Gasteiger partial charge in [-0.05, 0) is 30.2 Å². The van der Waals surface area contributed by atoms with E-state index in [0.29, 0.717) is 13.1 Å². The second-order valence-electron chi connectivity index (χ2n) is 6.37. The standard InChI is InChI=1S/C18H27N3O4/c1-13(2)16(19-18(23)25-4)17(22)21-11-9-20(10-12-21)14-5-7-15(24-3)8-6-14/h5-8,13,16H,9-12H2,1-4H3,(H,19,23)/t16-/m0/s1. The molecule has 1 heterocycles. The van der Waals surface area contributed by atoms with Gasteiger partial charge in [-0.15, -0.1) is 0 Å². The van der Waals surface area contributed by atoms with Crippen molar-refractivity contribution in [3.8, 4) is 5.75 Å². The number of carbonyl (C=O) groups excluding carboxylic acids is 2. The number of nitrogens with one attached hydrogen (secondary N) is 1. The second-order valence-corrected chi connectivity index (χ2v) is 6.37. The van der Waals surface area contributed by atoms with Gasteiger partial charge in [0.15, 0.2) is 0 Å². The fraction of sp³-hybridized carbons (Fsp3) is 0.556. The summed E-state index contributed by atoms with van der Waals surface area (Å²) in [5.74, 6) is 0.757. The molecule has 2 amide bonds. The molecule has 0 aliphatic carbocycles. The predicted octanol–water partition coefficient (Wildman–Crippen LogP) is 1.72. The third-order valence-corrected chi connectivity index (χ3v) is 4.42. The van der Waals surface area contributed by atoms with Gasteiger partial charge in [-0.3, -0.25) is 4.79 Å². The second kappa shape index (κ2) is 8.60. The van der Waals surface area contributed by atoms with E-state index in [1.807, 2.05) is 38.1 Å². The maximum atomic E-state index is 12.7. The molecule has 0 spiro atoms. The Kier molecular flexibility index (Phi) is 6.50. The van der Waals surface area contributed by atoms with E-state index in [1.54, 1.807) is 12.0 Å². The summed E-state index contributed by atoms with van der Waals surface area (Å²) in [6.07, 6.45) is -0.580. The fourth-order valence-electron chi connectivity index (χ4n) is 2.87. The van der Waals surface area contributed by atoms with E-state index >= 15 is 0 Å². The maximum Gasteiger partial charge on any atom is 0.407 e. The minimum absolute atomic E-state index is 0.00813. The number of nitrogens with zero attached hydrogens (tertiary/aromatic N) is 2. The van der Waals surface area contributed by atoms with Crippen LogP contribution >= 0.6 is 0 Å². The predicted molar refractivity (Wildman–Crippen MR) is 96.0 cm³/mol. The molecular formula is C18H27N3O4. The molecule has 1 aliphatic rings. The monoisotopic (exact) mass is 349 g/mol. The van der Waals surface area contributed by atoms with Crippen molar-refractivity contribution in [1.29, 1.82) is 0 Å². The van der Waals surface area contributed by atoms with Crippen LogP contribution in [0.2, 0.25) is 0 Å². The summed E-state index contributed by atoms with van der Waals surface area (Å²) in [5, 5.41) is 2.64. The summed E-state index contributed by atoms with van der Waals surface area (Å²) in [7, 11) is 2.94. The van der Waals surface area contributed by atoms with Gasteiger partial charge in [-0.1, -0.05) is 13.8 Å². The van der Waals surface area contributed by atoms with Crippen molar-refractivity contribution >= 4 is 17.7 Å². The SMILES string of the molecule is COC(=O)N[C@H](C(=O)N1CCN(c2ccc(OC)cc2)CC1)C(C)C. The van der Waals surface area contributed by atoms with Crippen molar-refractivity contribution in [2.45, 2.75) is 19.9 Å². The van der Waals surface area contributed by atoms with Crippen LogP contribution in [-0.2, 0) is 9.53 Å². The smallest absolute Gasteiger partial charge is 0.407 e. The highest BCUT2D eigenvalue weighted by molar-refractivity contribution is 5.86. The van der Waals surface area contributed by atoms with Gasteiger partial charge in [0, 0.05) is 31.9 Å². The molecule has 1 saturated heterocycles. The highest BCUT2D eigenvalue weighted by Gasteiger charge is 2.31. The lowest BCUT2D eigenvalue weighted by molar-refractivity contribution is -0.134. The van der Waals surface area contributed by atoms with Crippen molar-refractivity contribution in [2.75, 3.05) is 45.3 Å². The summed E-state index contributed by atoms with van der Waals surface area (Å²) < 4.78 is 9.80. The molecule has 1 aromatic carbocycles. The molecule has 1 aliphatic heterocycles. The molecule has 1 N–H and O–H groups in total.